The van der Waals surface area contributed by atoms with E-state index in [0.717, 1.165) is 0 Å². The van der Waals surface area contributed by atoms with Crippen molar-refractivity contribution in [3.63, 3.8) is 0 Å². The van der Waals surface area contributed by atoms with Gasteiger partial charge < -0.3 is 4.74 Å². The number of carbonyl (C=O) groups is 1. The SMILES string of the molecule is CCOC(=O)NN.[KH]. The molecule has 0 aliphatic heterocycles. The van der Waals surface area contributed by atoms with Crippen LogP contribution in [0.25, 0.3) is 0 Å². The molecule has 0 unspecified atom stereocenters. The van der Waals surface area contributed by atoms with Crippen LogP contribution < -0.4 is 11.3 Å². The van der Waals surface area contributed by atoms with Gasteiger partial charge in [-0.15, -0.1) is 0 Å². The first-order chi connectivity index (χ1) is 3.31. The van der Waals surface area contributed by atoms with Gasteiger partial charge >= 0.3 is 57.5 Å². The summed E-state index contributed by atoms with van der Waals surface area (Å²) >= 11 is 0. The molecule has 44 valence electrons. The Balaban J connectivity index is 0. The number of carbonyl (C=O) groups excluding carboxylic acids is 1. The van der Waals surface area contributed by atoms with Crippen LogP contribution in [0, 0.1) is 0 Å². The number of nitrogens with one attached hydrogen (secondary N) is 1. The monoisotopic (exact) mass is 144 g/mol. The van der Waals surface area contributed by atoms with E-state index in [-0.39, 0.29) is 51.4 Å². The van der Waals surface area contributed by atoms with Gasteiger partial charge in [-0.25, -0.2) is 10.6 Å². The van der Waals surface area contributed by atoms with Crippen LogP contribution in [0.4, 0.5) is 4.79 Å². The van der Waals surface area contributed by atoms with E-state index in [1.54, 1.807) is 12.3 Å². The van der Waals surface area contributed by atoms with E-state index in [1.807, 2.05) is 0 Å². The second-order valence-electron chi connectivity index (χ2n) is 0.865. The van der Waals surface area contributed by atoms with Crippen molar-refractivity contribution in [2.24, 2.45) is 5.84 Å². The molecular formula is C3H9KN2O2. The molecular weight excluding hydrogens is 135 g/mol. The number of hydrogen-bond acceptors (Lipinski definition) is 3. The Labute approximate surface area is 90.5 Å². The summed E-state index contributed by atoms with van der Waals surface area (Å²) in [6, 6.07) is 0. The molecule has 8 heavy (non-hydrogen) atoms. The quantitative estimate of drug-likeness (QED) is 0.214. The molecule has 1 amide bonds. The summed E-state index contributed by atoms with van der Waals surface area (Å²) in [5.41, 5.74) is 1.80. The first kappa shape index (κ1) is 11.6. The first-order valence-corrected chi connectivity index (χ1v) is 1.94. The Morgan fingerprint density at radius 2 is 2.38 bits per heavy atom. The van der Waals surface area contributed by atoms with E-state index in [2.05, 4.69) is 10.6 Å². The van der Waals surface area contributed by atoms with Crippen molar-refractivity contribution in [1.82, 2.24) is 5.43 Å². The molecule has 0 fully saturated rings. The van der Waals surface area contributed by atoms with Crippen molar-refractivity contribution in [3.05, 3.63) is 0 Å². The number of hydrazine groups is 1. The van der Waals surface area contributed by atoms with Crippen molar-refractivity contribution in [2.45, 2.75) is 6.92 Å². The van der Waals surface area contributed by atoms with Crippen molar-refractivity contribution in [3.8, 4) is 0 Å². The van der Waals surface area contributed by atoms with E-state index in [0.29, 0.717) is 6.61 Å². The third-order valence-electron chi connectivity index (χ3n) is 0.393. The number of amides is 1. The summed E-state index contributed by atoms with van der Waals surface area (Å²) in [7, 11) is 0. The van der Waals surface area contributed by atoms with Gasteiger partial charge in [-0.1, -0.05) is 0 Å². The van der Waals surface area contributed by atoms with Crippen LogP contribution in [0.3, 0.4) is 0 Å². The van der Waals surface area contributed by atoms with Crippen molar-refractivity contribution in [2.75, 3.05) is 6.61 Å². The van der Waals surface area contributed by atoms with Gasteiger partial charge in [0.2, 0.25) is 0 Å². The van der Waals surface area contributed by atoms with Crippen molar-refractivity contribution < 1.29 is 9.53 Å². The van der Waals surface area contributed by atoms with E-state index in [1.165, 1.54) is 0 Å². The Morgan fingerprint density at radius 1 is 1.88 bits per heavy atom. The molecule has 5 heteroatoms. The molecule has 0 atom stereocenters. The fraction of sp³-hybridized carbons (Fsp3) is 0.667. The summed E-state index contributed by atoms with van der Waals surface area (Å²) in [4.78, 5) is 9.95. The molecule has 0 aromatic carbocycles. The van der Waals surface area contributed by atoms with Crippen LogP contribution in [0.15, 0.2) is 0 Å². The van der Waals surface area contributed by atoms with E-state index in [9.17, 15) is 4.79 Å². The summed E-state index contributed by atoms with van der Waals surface area (Å²) in [6.45, 7) is 2.05. The number of rotatable bonds is 1. The second kappa shape index (κ2) is 7.87. The van der Waals surface area contributed by atoms with Gasteiger partial charge in [-0.3, -0.25) is 5.43 Å². The standard InChI is InChI=1S/C3H8N2O2.K.H/c1-2-7-3(6)5-4;;/h2,4H2,1H3,(H,5,6);;. The summed E-state index contributed by atoms with van der Waals surface area (Å²) < 4.78 is 4.32. The third kappa shape index (κ3) is 6.87. The van der Waals surface area contributed by atoms with Crippen LogP contribution in [-0.4, -0.2) is 64.1 Å². The molecule has 0 saturated heterocycles. The summed E-state index contributed by atoms with van der Waals surface area (Å²) in [5.74, 6) is 4.63. The van der Waals surface area contributed by atoms with Crippen LogP contribution >= 0.6 is 0 Å². The topological polar surface area (TPSA) is 64.3 Å². The molecule has 0 aromatic rings. The van der Waals surface area contributed by atoms with Crippen molar-refractivity contribution >= 4 is 57.5 Å². The molecule has 0 aromatic heterocycles. The van der Waals surface area contributed by atoms with Gasteiger partial charge in [0.25, 0.3) is 0 Å². The molecule has 0 heterocycles. The predicted molar refractivity (Wildman–Crippen MR) is 31.5 cm³/mol. The number of nitrogens with two attached hydrogens (primary N) is 1. The molecule has 0 spiro atoms. The van der Waals surface area contributed by atoms with E-state index >= 15 is 0 Å². The van der Waals surface area contributed by atoms with Gasteiger partial charge in [-0.2, -0.15) is 0 Å². The number of hydrogen-bond donors (Lipinski definition) is 2. The Morgan fingerprint density at radius 3 is 2.50 bits per heavy atom. The molecule has 0 aliphatic rings. The van der Waals surface area contributed by atoms with E-state index < -0.39 is 6.09 Å². The van der Waals surface area contributed by atoms with Gasteiger partial charge in [0.15, 0.2) is 0 Å². The predicted octanol–water partition coefficient (Wildman–Crippen LogP) is -1.04. The Hall–Kier alpha value is 0.866. The van der Waals surface area contributed by atoms with Crippen LogP contribution in [0.5, 0.6) is 0 Å². The molecule has 3 N–H and O–H groups in total. The summed E-state index contributed by atoms with van der Waals surface area (Å²) in [6.07, 6.45) is -0.595. The molecule has 0 rings (SSSR count). The molecule has 0 radical (unpaired) electrons. The fourth-order valence-corrected chi connectivity index (χ4v) is 0.173. The van der Waals surface area contributed by atoms with Crippen LogP contribution in [0.2, 0.25) is 0 Å². The maximum absolute atomic E-state index is 9.95. The van der Waals surface area contributed by atoms with Crippen molar-refractivity contribution in [1.29, 1.82) is 0 Å². The Bertz CT molecular complexity index is 68.3. The van der Waals surface area contributed by atoms with Gasteiger partial charge in [0.1, 0.15) is 0 Å². The zero-order valence-electron chi connectivity index (χ0n) is 4.10. The molecule has 0 aliphatic carbocycles. The van der Waals surface area contributed by atoms with E-state index in [4.69, 9.17) is 0 Å². The fourth-order valence-electron chi connectivity index (χ4n) is 0.173. The summed E-state index contributed by atoms with van der Waals surface area (Å²) in [5, 5.41) is 0. The zero-order chi connectivity index (χ0) is 5.70. The second-order valence-corrected chi connectivity index (χ2v) is 0.865. The first-order valence-electron chi connectivity index (χ1n) is 1.94. The Kier molecular flexibility index (Phi) is 11.4. The molecule has 4 nitrogen and oxygen atoms in total. The van der Waals surface area contributed by atoms with Crippen LogP contribution in [0.1, 0.15) is 6.92 Å². The molecule has 0 bridgehead atoms. The van der Waals surface area contributed by atoms with Crippen LogP contribution in [-0.2, 0) is 4.74 Å². The zero-order valence-corrected chi connectivity index (χ0v) is 4.10. The van der Waals surface area contributed by atoms with Gasteiger partial charge in [0, 0.05) is 0 Å². The average molecular weight is 144 g/mol. The number of ether oxygens (including phenoxy) is 1. The molecule has 0 saturated carbocycles. The van der Waals surface area contributed by atoms with Gasteiger partial charge in [-0.05, 0) is 6.92 Å². The normalized spacial score (nSPS) is 6.75. The minimum absolute atomic E-state index is 0. The minimum atomic E-state index is -0.595. The third-order valence-corrected chi connectivity index (χ3v) is 0.393. The maximum atomic E-state index is 9.95. The average Bonchev–Trinajstić information content (AvgIpc) is 1.68. The van der Waals surface area contributed by atoms with Gasteiger partial charge in [0.05, 0.1) is 6.61 Å².